The van der Waals surface area contributed by atoms with Crippen molar-refractivity contribution in [1.29, 1.82) is 0 Å². The molecule has 0 spiro atoms. The molecule has 0 saturated carbocycles. The maximum absolute atomic E-state index is 12.4. The summed E-state index contributed by atoms with van der Waals surface area (Å²) in [6.07, 6.45) is 2.87. The van der Waals surface area contributed by atoms with Gasteiger partial charge in [-0.05, 0) is 31.4 Å². The average molecular weight is 276 g/mol. The molecule has 0 aromatic heterocycles. The molecule has 21 heavy (non-hydrogen) atoms. The van der Waals surface area contributed by atoms with E-state index >= 15 is 0 Å². The molecule has 0 N–H and O–H groups in total. The summed E-state index contributed by atoms with van der Waals surface area (Å²) in [5.41, 5.74) is 4.06. The first-order chi connectivity index (χ1) is 10.1. The quantitative estimate of drug-likeness (QED) is 0.851. The molecular weight excluding hydrogens is 260 g/mol. The van der Waals surface area contributed by atoms with Crippen molar-refractivity contribution in [3.63, 3.8) is 0 Å². The van der Waals surface area contributed by atoms with Crippen LogP contribution >= 0.6 is 0 Å². The molecule has 1 aliphatic carbocycles. The highest BCUT2D eigenvalue weighted by Crippen LogP contribution is 2.24. The third-order valence-corrected chi connectivity index (χ3v) is 3.84. The Morgan fingerprint density at radius 2 is 1.48 bits per heavy atom. The van der Waals surface area contributed by atoms with Gasteiger partial charge in [0.15, 0.2) is 11.6 Å². The van der Waals surface area contributed by atoms with Crippen LogP contribution in [0.3, 0.4) is 0 Å². The number of carbonyl (C=O) groups excluding carboxylic acids is 2. The van der Waals surface area contributed by atoms with Gasteiger partial charge in [0, 0.05) is 16.7 Å². The molecule has 2 aromatic carbocycles. The van der Waals surface area contributed by atoms with Crippen LogP contribution in [0.5, 0.6) is 0 Å². The first kappa shape index (κ1) is 13.5. The van der Waals surface area contributed by atoms with Gasteiger partial charge in [0.05, 0.1) is 0 Å². The van der Waals surface area contributed by atoms with Crippen molar-refractivity contribution in [2.75, 3.05) is 0 Å². The predicted molar refractivity (Wildman–Crippen MR) is 82.7 cm³/mol. The van der Waals surface area contributed by atoms with Gasteiger partial charge in [-0.2, -0.15) is 0 Å². The molecule has 2 nitrogen and oxygen atoms in total. The second-order valence-electron chi connectivity index (χ2n) is 5.39. The number of fused-ring (bicyclic) bond motifs is 1. The van der Waals surface area contributed by atoms with Gasteiger partial charge in [-0.3, -0.25) is 9.59 Å². The molecule has 0 unspecified atom stereocenters. The lowest BCUT2D eigenvalue weighted by Crippen LogP contribution is -2.17. The zero-order chi connectivity index (χ0) is 14.8. The van der Waals surface area contributed by atoms with E-state index in [4.69, 9.17) is 0 Å². The van der Waals surface area contributed by atoms with E-state index in [9.17, 15) is 9.59 Å². The summed E-state index contributed by atoms with van der Waals surface area (Å²) in [6, 6.07) is 15.3. The maximum atomic E-state index is 12.4. The van der Waals surface area contributed by atoms with Crippen LogP contribution in [0.25, 0.3) is 0 Å². The standard InChI is InChI=1S/C19H16O2/c1-13-6-8-14(9-7-13)10-11-15-12-18(20)16-4-2-3-5-17(16)19(15)21/h2-9,12H,10-11H2,1H3. The Morgan fingerprint density at radius 1 is 0.810 bits per heavy atom. The van der Waals surface area contributed by atoms with Crippen LogP contribution in [0.15, 0.2) is 60.2 Å². The van der Waals surface area contributed by atoms with Crippen molar-refractivity contribution in [2.45, 2.75) is 19.8 Å². The summed E-state index contributed by atoms with van der Waals surface area (Å²) in [7, 11) is 0. The Hall–Kier alpha value is -2.48. The third kappa shape index (κ3) is 2.70. The van der Waals surface area contributed by atoms with E-state index < -0.39 is 0 Å². The molecule has 2 aromatic rings. The van der Waals surface area contributed by atoms with E-state index in [-0.39, 0.29) is 11.6 Å². The summed E-state index contributed by atoms with van der Waals surface area (Å²) in [4.78, 5) is 24.5. The average Bonchev–Trinajstić information content (AvgIpc) is 2.51. The van der Waals surface area contributed by atoms with Gasteiger partial charge in [0.1, 0.15) is 0 Å². The molecule has 0 amide bonds. The molecule has 0 saturated heterocycles. The Labute approximate surface area is 124 Å². The number of allylic oxidation sites excluding steroid dienone is 2. The monoisotopic (exact) mass is 276 g/mol. The third-order valence-electron chi connectivity index (χ3n) is 3.84. The first-order valence-corrected chi connectivity index (χ1v) is 7.09. The molecular formula is C19H16O2. The molecule has 104 valence electrons. The zero-order valence-electron chi connectivity index (χ0n) is 11.9. The van der Waals surface area contributed by atoms with E-state index in [1.54, 1.807) is 24.3 Å². The minimum absolute atomic E-state index is 0.0164. The SMILES string of the molecule is Cc1ccc(CCC2=CC(=O)c3ccccc3C2=O)cc1. The minimum Gasteiger partial charge on any atom is -0.289 e. The van der Waals surface area contributed by atoms with Crippen LogP contribution in [0.2, 0.25) is 0 Å². The Balaban J connectivity index is 1.79. The molecule has 0 bridgehead atoms. The van der Waals surface area contributed by atoms with Crippen molar-refractivity contribution in [2.24, 2.45) is 0 Å². The van der Waals surface area contributed by atoms with Crippen LogP contribution in [-0.2, 0) is 6.42 Å². The Kier molecular flexibility index (Phi) is 3.53. The summed E-state index contributed by atoms with van der Waals surface area (Å²) in [6.45, 7) is 2.05. The van der Waals surface area contributed by atoms with Crippen LogP contribution in [0.1, 0.15) is 38.3 Å². The number of hydrogen-bond donors (Lipinski definition) is 0. The first-order valence-electron chi connectivity index (χ1n) is 7.09. The molecule has 0 fully saturated rings. The second-order valence-corrected chi connectivity index (χ2v) is 5.39. The molecule has 0 radical (unpaired) electrons. The highest BCUT2D eigenvalue weighted by atomic mass is 16.1. The minimum atomic E-state index is -0.0656. The van der Waals surface area contributed by atoms with Crippen molar-refractivity contribution in [1.82, 2.24) is 0 Å². The summed E-state index contributed by atoms with van der Waals surface area (Å²) >= 11 is 0. The van der Waals surface area contributed by atoms with Gasteiger partial charge in [-0.1, -0.05) is 54.1 Å². The largest absolute Gasteiger partial charge is 0.289 e. The summed E-state index contributed by atoms with van der Waals surface area (Å²) < 4.78 is 0. The fraction of sp³-hybridized carbons (Fsp3) is 0.158. The van der Waals surface area contributed by atoms with Crippen LogP contribution in [0, 0.1) is 6.92 Å². The van der Waals surface area contributed by atoms with Gasteiger partial charge in [-0.15, -0.1) is 0 Å². The number of Topliss-reactive ketones (excluding diaryl/α,β-unsaturated/α-hetero) is 1. The fourth-order valence-electron chi connectivity index (χ4n) is 2.59. The molecule has 0 aliphatic heterocycles. The van der Waals surface area contributed by atoms with Crippen LogP contribution in [-0.4, -0.2) is 11.6 Å². The van der Waals surface area contributed by atoms with Crippen LogP contribution in [0.4, 0.5) is 0 Å². The van der Waals surface area contributed by atoms with E-state index in [1.165, 1.54) is 17.2 Å². The molecule has 0 atom stereocenters. The maximum Gasteiger partial charge on any atom is 0.189 e. The second kappa shape index (κ2) is 5.49. The Morgan fingerprint density at radius 3 is 2.19 bits per heavy atom. The van der Waals surface area contributed by atoms with Crippen molar-refractivity contribution in [3.05, 3.63) is 82.4 Å². The molecule has 1 aliphatic rings. The van der Waals surface area contributed by atoms with E-state index in [0.29, 0.717) is 23.1 Å². The summed E-state index contributed by atoms with van der Waals surface area (Å²) in [5.74, 6) is -0.0820. The van der Waals surface area contributed by atoms with Gasteiger partial charge in [0.2, 0.25) is 0 Å². The van der Waals surface area contributed by atoms with E-state index in [2.05, 4.69) is 24.3 Å². The normalized spacial score (nSPS) is 13.9. The number of carbonyl (C=O) groups is 2. The van der Waals surface area contributed by atoms with Gasteiger partial charge < -0.3 is 0 Å². The van der Waals surface area contributed by atoms with Crippen molar-refractivity contribution in [3.8, 4) is 0 Å². The van der Waals surface area contributed by atoms with Gasteiger partial charge in [-0.25, -0.2) is 0 Å². The lowest BCUT2D eigenvalue weighted by atomic mass is 9.87. The highest BCUT2D eigenvalue weighted by Gasteiger charge is 2.24. The Bertz CT molecular complexity index is 736. The number of aryl methyl sites for hydroxylation is 2. The molecule has 0 heterocycles. The topological polar surface area (TPSA) is 34.1 Å². The fourth-order valence-corrected chi connectivity index (χ4v) is 2.59. The van der Waals surface area contributed by atoms with Crippen LogP contribution < -0.4 is 0 Å². The van der Waals surface area contributed by atoms with Crippen molar-refractivity contribution < 1.29 is 9.59 Å². The predicted octanol–water partition coefficient (Wildman–Crippen LogP) is 3.93. The number of benzene rings is 2. The lowest BCUT2D eigenvalue weighted by Gasteiger charge is -2.14. The van der Waals surface area contributed by atoms with E-state index in [0.717, 1.165) is 6.42 Å². The number of ketones is 2. The van der Waals surface area contributed by atoms with Gasteiger partial charge >= 0.3 is 0 Å². The van der Waals surface area contributed by atoms with Crippen molar-refractivity contribution >= 4 is 11.6 Å². The highest BCUT2D eigenvalue weighted by molar-refractivity contribution is 6.24. The van der Waals surface area contributed by atoms with Gasteiger partial charge in [0.25, 0.3) is 0 Å². The molecule has 3 rings (SSSR count). The summed E-state index contributed by atoms with van der Waals surface area (Å²) in [5, 5.41) is 0. The number of rotatable bonds is 3. The number of hydrogen-bond acceptors (Lipinski definition) is 2. The van der Waals surface area contributed by atoms with E-state index in [1.807, 2.05) is 6.92 Å². The molecule has 2 heteroatoms. The zero-order valence-corrected chi connectivity index (χ0v) is 11.9. The lowest BCUT2D eigenvalue weighted by molar-refractivity contribution is 0.0981. The smallest absolute Gasteiger partial charge is 0.189 e.